The Morgan fingerprint density at radius 3 is 2.56 bits per heavy atom. The van der Waals surface area contributed by atoms with Gasteiger partial charge < -0.3 is 8.98 Å². The van der Waals surface area contributed by atoms with E-state index >= 15 is 0 Å². The Labute approximate surface area is 157 Å². The van der Waals surface area contributed by atoms with Gasteiger partial charge in [-0.2, -0.15) is 0 Å². The van der Waals surface area contributed by atoms with E-state index in [1.54, 1.807) is 11.8 Å². The molecule has 25 heavy (non-hydrogen) atoms. The van der Waals surface area contributed by atoms with Crippen molar-refractivity contribution in [2.24, 2.45) is 0 Å². The highest BCUT2D eigenvalue weighted by atomic mass is 79.9. The number of aromatic nitrogens is 5. The van der Waals surface area contributed by atoms with Crippen molar-refractivity contribution in [3.8, 4) is 11.5 Å². The fourth-order valence-electron chi connectivity index (χ4n) is 2.83. The van der Waals surface area contributed by atoms with E-state index in [4.69, 9.17) is 4.42 Å². The largest absolute Gasteiger partial charge is 0.420 e. The van der Waals surface area contributed by atoms with Crippen molar-refractivity contribution in [2.45, 2.75) is 48.6 Å². The number of thioether (sulfide) groups is 1. The molecule has 3 aromatic rings. The normalized spacial score (nSPS) is 17.2. The van der Waals surface area contributed by atoms with Crippen molar-refractivity contribution in [3.63, 3.8) is 0 Å². The van der Waals surface area contributed by atoms with Crippen molar-refractivity contribution in [1.29, 1.82) is 0 Å². The molecule has 128 valence electrons. The highest BCUT2D eigenvalue weighted by Gasteiger charge is 2.36. The van der Waals surface area contributed by atoms with Gasteiger partial charge >= 0.3 is 0 Å². The third-order valence-corrected chi connectivity index (χ3v) is 5.88. The van der Waals surface area contributed by atoms with Crippen molar-refractivity contribution in [2.75, 3.05) is 0 Å². The Kier molecular flexibility index (Phi) is 3.89. The quantitative estimate of drug-likeness (QED) is 0.545. The van der Waals surface area contributed by atoms with Crippen molar-refractivity contribution in [3.05, 3.63) is 40.5 Å². The molecular weight excluding hydrogens is 402 g/mol. The molecule has 0 radical (unpaired) electrons. The first-order valence-electron chi connectivity index (χ1n) is 8.44. The minimum Gasteiger partial charge on any atom is -0.420 e. The van der Waals surface area contributed by atoms with Crippen LogP contribution in [0, 0.1) is 0 Å². The lowest BCUT2D eigenvalue weighted by molar-refractivity contribution is 0.528. The fraction of sp³-hybridized carbons (Fsp3) is 0.412. The maximum atomic E-state index is 5.80. The predicted molar refractivity (Wildman–Crippen MR) is 97.3 cm³/mol. The lowest BCUT2D eigenvalue weighted by Gasteiger charge is -2.06. The number of nitrogens with zero attached hydrogens (tertiary/aromatic N) is 5. The van der Waals surface area contributed by atoms with Crippen LogP contribution in [-0.4, -0.2) is 25.0 Å². The number of halogens is 1. The van der Waals surface area contributed by atoms with Crippen molar-refractivity contribution >= 4 is 27.7 Å². The van der Waals surface area contributed by atoms with E-state index in [0.29, 0.717) is 29.5 Å². The molecule has 0 saturated heterocycles. The first-order chi connectivity index (χ1) is 12.3. The van der Waals surface area contributed by atoms with Gasteiger partial charge in [0, 0.05) is 22.0 Å². The van der Waals surface area contributed by atoms with Gasteiger partial charge in [0.05, 0.1) is 5.75 Å². The molecule has 2 fully saturated rings. The SMILES string of the molecule is Brc1ccc(-c2nnc(CSc3nnc(C4CC4)n3C3CC3)o2)cc1. The Balaban J connectivity index is 1.31. The lowest BCUT2D eigenvalue weighted by Crippen LogP contribution is -2.01. The highest BCUT2D eigenvalue weighted by molar-refractivity contribution is 9.10. The van der Waals surface area contributed by atoms with Gasteiger partial charge in [-0.25, -0.2) is 0 Å². The number of rotatable bonds is 6. The van der Waals surface area contributed by atoms with Crippen LogP contribution in [0.5, 0.6) is 0 Å². The van der Waals surface area contributed by atoms with Crippen molar-refractivity contribution < 1.29 is 4.42 Å². The predicted octanol–water partition coefficient (Wildman–Crippen LogP) is 4.60. The molecular formula is C17H16BrN5OS. The van der Waals surface area contributed by atoms with E-state index in [0.717, 1.165) is 15.2 Å². The minimum absolute atomic E-state index is 0.547. The molecule has 8 heteroatoms. The summed E-state index contributed by atoms with van der Waals surface area (Å²) in [6, 6.07) is 8.44. The molecule has 1 aromatic carbocycles. The van der Waals surface area contributed by atoms with Gasteiger partial charge in [-0.3, -0.25) is 0 Å². The van der Waals surface area contributed by atoms with Crippen LogP contribution in [0.2, 0.25) is 0 Å². The minimum atomic E-state index is 0.547. The summed E-state index contributed by atoms with van der Waals surface area (Å²) in [6.45, 7) is 0. The zero-order chi connectivity index (χ0) is 16.8. The lowest BCUT2D eigenvalue weighted by atomic mass is 10.2. The highest BCUT2D eigenvalue weighted by Crippen LogP contribution is 2.46. The van der Waals surface area contributed by atoms with Gasteiger partial charge in [-0.1, -0.05) is 27.7 Å². The van der Waals surface area contributed by atoms with E-state index in [1.165, 1.54) is 31.5 Å². The van der Waals surface area contributed by atoms with Crippen LogP contribution in [0.1, 0.15) is 49.4 Å². The van der Waals surface area contributed by atoms with Crippen LogP contribution < -0.4 is 0 Å². The summed E-state index contributed by atoms with van der Waals surface area (Å²) >= 11 is 5.06. The molecule has 2 heterocycles. The molecule has 0 bridgehead atoms. The number of hydrogen-bond donors (Lipinski definition) is 0. The Hall–Kier alpha value is -1.67. The van der Waals surface area contributed by atoms with E-state index in [9.17, 15) is 0 Å². The zero-order valence-electron chi connectivity index (χ0n) is 13.4. The second kappa shape index (κ2) is 6.25. The Morgan fingerprint density at radius 1 is 1.04 bits per heavy atom. The first-order valence-corrected chi connectivity index (χ1v) is 10.2. The molecule has 0 N–H and O–H groups in total. The van der Waals surface area contributed by atoms with Crippen LogP contribution in [-0.2, 0) is 5.75 Å². The van der Waals surface area contributed by atoms with Crippen molar-refractivity contribution in [1.82, 2.24) is 25.0 Å². The molecule has 2 aliphatic carbocycles. The van der Waals surface area contributed by atoms with Crippen LogP contribution in [0.4, 0.5) is 0 Å². The second-order valence-electron chi connectivity index (χ2n) is 6.51. The van der Waals surface area contributed by atoms with Crippen LogP contribution >= 0.6 is 27.7 Å². The smallest absolute Gasteiger partial charge is 0.247 e. The molecule has 0 aliphatic heterocycles. The maximum Gasteiger partial charge on any atom is 0.247 e. The van der Waals surface area contributed by atoms with Gasteiger partial charge in [0.15, 0.2) is 5.16 Å². The Morgan fingerprint density at radius 2 is 1.84 bits per heavy atom. The molecule has 2 aliphatic rings. The average Bonchev–Trinajstić information content (AvgIpc) is 3.55. The summed E-state index contributed by atoms with van der Waals surface area (Å²) in [5, 5.41) is 18.1. The van der Waals surface area contributed by atoms with E-state index < -0.39 is 0 Å². The number of benzene rings is 1. The standard InChI is InChI=1S/C17H16BrN5OS/c18-12-5-3-11(4-6-12)16-21-19-14(24-16)9-25-17-22-20-15(10-1-2-10)23(17)13-7-8-13/h3-6,10,13H,1-2,7-9H2. The third kappa shape index (κ3) is 3.25. The average molecular weight is 418 g/mol. The summed E-state index contributed by atoms with van der Waals surface area (Å²) in [7, 11) is 0. The molecule has 5 rings (SSSR count). The van der Waals surface area contributed by atoms with Crippen LogP contribution in [0.15, 0.2) is 38.3 Å². The summed E-state index contributed by atoms with van der Waals surface area (Å²) in [5.41, 5.74) is 0.920. The molecule has 0 atom stereocenters. The summed E-state index contributed by atoms with van der Waals surface area (Å²) < 4.78 is 9.17. The Bertz CT molecular complexity index is 898. The third-order valence-electron chi connectivity index (χ3n) is 4.43. The van der Waals surface area contributed by atoms with Gasteiger partial charge in [0.25, 0.3) is 0 Å². The summed E-state index contributed by atoms with van der Waals surface area (Å²) in [5.74, 6) is 3.56. The van der Waals surface area contributed by atoms with E-state index in [2.05, 4.69) is 40.9 Å². The fourth-order valence-corrected chi connectivity index (χ4v) is 3.94. The van der Waals surface area contributed by atoms with E-state index in [1.807, 2.05) is 24.3 Å². The molecule has 2 saturated carbocycles. The van der Waals surface area contributed by atoms with Gasteiger partial charge in [0.2, 0.25) is 11.8 Å². The van der Waals surface area contributed by atoms with Gasteiger partial charge in [-0.15, -0.1) is 20.4 Å². The van der Waals surface area contributed by atoms with E-state index in [-0.39, 0.29) is 0 Å². The van der Waals surface area contributed by atoms with Gasteiger partial charge in [0.1, 0.15) is 5.82 Å². The molecule has 2 aromatic heterocycles. The molecule has 0 unspecified atom stereocenters. The maximum absolute atomic E-state index is 5.80. The van der Waals surface area contributed by atoms with Crippen LogP contribution in [0.3, 0.4) is 0 Å². The zero-order valence-corrected chi connectivity index (χ0v) is 15.8. The van der Waals surface area contributed by atoms with Gasteiger partial charge in [-0.05, 0) is 49.9 Å². The van der Waals surface area contributed by atoms with Crippen LogP contribution in [0.25, 0.3) is 11.5 Å². The number of hydrogen-bond acceptors (Lipinski definition) is 6. The summed E-state index contributed by atoms with van der Waals surface area (Å²) in [4.78, 5) is 0. The first kappa shape index (κ1) is 15.6. The topological polar surface area (TPSA) is 69.6 Å². The summed E-state index contributed by atoms with van der Waals surface area (Å²) in [6.07, 6.45) is 4.96. The monoisotopic (exact) mass is 417 g/mol. The molecule has 0 spiro atoms. The second-order valence-corrected chi connectivity index (χ2v) is 8.37. The molecule has 0 amide bonds. The molecule has 6 nitrogen and oxygen atoms in total.